The summed E-state index contributed by atoms with van der Waals surface area (Å²) in [5.74, 6) is -0.737. The van der Waals surface area contributed by atoms with E-state index in [-0.39, 0.29) is 36.1 Å². The number of carbonyl (C=O) groups excluding carboxylic acids is 2. The molecule has 0 aliphatic carbocycles. The van der Waals surface area contributed by atoms with Gasteiger partial charge in [0.25, 0.3) is 0 Å². The van der Waals surface area contributed by atoms with Crippen LogP contribution in [0.3, 0.4) is 0 Å². The number of sulfonamides is 1. The number of imidazole rings is 1. The van der Waals surface area contributed by atoms with E-state index >= 15 is 0 Å². The van der Waals surface area contributed by atoms with Crippen LogP contribution >= 0.6 is 11.6 Å². The first kappa shape index (κ1) is 22.3. The average Bonchev–Trinajstić information content (AvgIpc) is 3.19. The average molecular weight is 477 g/mol. The summed E-state index contributed by atoms with van der Waals surface area (Å²) >= 11 is 5.96. The second-order valence-electron chi connectivity index (χ2n) is 7.36. The molecular weight excluding hydrogens is 456 g/mol. The fraction of sp³-hybridized carbons (Fsp3) is 0.286. The monoisotopic (exact) mass is 476 g/mol. The van der Waals surface area contributed by atoms with Crippen molar-refractivity contribution in [3.8, 4) is 0 Å². The van der Waals surface area contributed by atoms with E-state index in [0.717, 1.165) is 0 Å². The van der Waals surface area contributed by atoms with E-state index in [2.05, 4.69) is 4.98 Å². The van der Waals surface area contributed by atoms with Crippen molar-refractivity contribution in [2.24, 2.45) is 0 Å². The minimum Gasteiger partial charge on any atom is -0.456 e. The van der Waals surface area contributed by atoms with Gasteiger partial charge in [-0.1, -0.05) is 17.7 Å². The zero-order valence-electron chi connectivity index (χ0n) is 17.3. The molecule has 1 aliphatic rings. The number of benzene rings is 1. The number of amides is 1. The number of halogens is 1. The molecule has 0 spiro atoms. The maximum absolute atomic E-state index is 13.0. The van der Waals surface area contributed by atoms with Gasteiger partial charge in [-0.3, -0.25) is 4.79 Å². The molecule has 168 valence electrons. The summed E-state index contributed by atoms with van der Waals surface area (Å²) < 4.78 is 34.4. The van der Waals surface area contributed by atoms with Crippen LogP contribution in [0.1, 0.15) is 23.0 Å². The number of fused-ring (bicyclic) bond motifs is 1. The summed E-state index contributed by atoms with van der Waals surface area (Å²) in [4.78, 5) is 30.0. The Kier molecular flexibility index (Phi) is 6.18. The topological polar surface area (TPSA) is 101 Å². The number of carbonyl (C=O) groups is 2. The molecule has 3 heterocycles. The Hall–Kier alpha value is -2.95. The third-order valence-electron chi connectivity index (χ3n) is 5.21. The summed E-state index contributed by atoms with van der Waals surface area (Å²) in [5, 5.41) is 0.555. The number of piperazine rings is 1. The van der Waals surface area contributed by atoms with Crippen LogP contribution in [0.4, 0.5) is 0 Å². The lowest BCUT2D eigenvalue weighted by molar-refractivity contribution is -0.129. The first-order valence-corrected chi connectivity index (χ1v) is 11.7. The summed E-state index contributed by atoms with van der Waals surface area (Å²) in [5.41, 5.74) is 1.33. The lowest BCUT2D eigenvalue weighted by Gasteiger charge is -2.33. The second kappa shape index (κ2) is 8.89. The Labute approximate surface area is 190 Å². The van der Waals surface area contributed by atoms with E-state index in [1.54, 1.807) is 33.8 Å². The Morgan fingerprint density at radius 2 is 1.84 bits per heavy atom. The number of ether oxygens (including phenoxy) is 1. The van der Waals surface area contributed by atoms with Gasteiger partial charge in [0.1, 0.15) is 12.3 Å². The van der Waals surface area contributed by atoms with E-state index < -0.39 is 16.0 Å². The molecule has 2 aromatic heterocycles. The van der Waals surface area contributed by atoms with Crippen molar-refractivity contribution in [2.45, 2.75) is 18.4 Å². The fourth-order valence-electron chi connectivity index (χ4n) is 3.49. The van der Waals surface area contributed by atoms with Gasteiger partial charge < -0.3 is 14.0 Å². The standard InChI is InChI=1S/C21H21ClN4O5S/c1-15(27)24-7-9-26(10-8-24)32(29,30)19-4-2-3-16(11-19)21(28)31-14-18-13-25-12-17(22)5-6-20(25)23-18/h2-6,11-13H,7-10,14H2,1H3. The number of rotatable bonds is 5. The lowest BCUT2D eigenvalue weighted by atomic mass is 10.2. The summed E-state index contributed by atoms with van der Waals surface area (Å²) in [6.45, 7) is 2.47. The Balaban J connectivity index is 1.44. The smallest absolute Gasteiger partial charge is 0.338 e. The Morgan fingerprint density at radius 1 is 1.09 bits per heavy atom. The molecule has 11 heteroatoms. The first-order chi connectivity index (χ1) is 15.2. The molecule has 1 amide bonds. The van der Waals surface area contributed by atoms with Crippen molar-refractivity contribution in [1.29, 1.82) is 0 Å². The Bertz CT molecular complexity index is 1280. The van der Waals surface area contributed by atoms with Gasteiger partial charge in [0.15, 0.2) is 0 Å². The van der Waals surface area contributed by atoms with E-state index in [1.807, 2.05) is 0 Å². The van der Waals surface area contributed by atoms with Gasteiger partial charge in [-0.15, -0.1) is 0 Å². The number of hydrogen-bond acceptors (Lipinski definition) is 6. The highest BCUT2D eigenvalue weighted by molar-refractivity contribution is 7.89. The molecule has 0 N–H and O–H groups in total. The van der Waals surface area contributed by atoms with E-state index in [1.165, 1.54) is 35.5 Å². The summed E-state index contributed by atoms with van der Waals surface area (Å²) in [7, 11) is -3.80. The first-order valence-electron chi connectivity index (χ1n) is 9.90. The third kappa shape index (κ3) is 4.62. The molecule has 9 nitrogen and oxygen atoms in total. The van der Waals surface area contributed by atoms with Gasteiger partial charge in [-0.25, -0.2) is 18.2 Å². The minimum absolute atomic E-state index is 0.00518. The van der Waals surface area contributed by atoms with Crippen molar-refractivity contribution in [2.75, 3.05) is 26.2 Å². The number of nitrogens with zero attached hydrogens (tertiary/aromatic N) is 4. The number of esters is 1. The van der Waals surface area contributed by atoms with Crippen LogP contribution in [-0.2, 0) is 26.2 Å². The van der Waals surface area contributed by atoms with Gasteiger partial charge in [-0.2, -0.15) is 4.31 Å². The molecule has 0 radical (unpaired) electrons. The quantitative estimate of drug-likeness (QED) is 0.523. The van der Waals surface area contributed by atoms with E-state index in [0.29, 0.717) is 29.5 Å². The normalized spacial score (nSPS) is 15.1. The Morgan fingerprint density at radius 3 is 2.56 bits per heavy atom. The van der Waals surface area contributed by atoms with Crippen LogP contribution in [0.25, 0.3) is 5.65 Å². The van der Waals surface area contributed by atoms with E-state index in [9.17, 15) is 18.0 Å². The zero-order valence-corrected chi connectivity index (χ0v) is 18.8. The van der Waals surface area contributed by atoms with Crippen molar-refractivity contribution < 1.29 is 22.7 Å². The predicted octanol–water partition coefficient (Wildman–Crippen LogP) is 2.20. The lowest BCUT2D eigenvalue weighted by Crippen LogP contribution is -2.49. The minimum atomic E-state index is -3.80. The maximum Gasteiger partial charge on any atom is 0.338 e. The molecule has 1 aromatic carbocycles. The van der Waals surface area contributed by atoms with Gasteiger partial charge >= 0.3 is 5.97 Å². The van der Waals surface area contributed by atoms with Crippen molar-refractivity contribution in [3.63, 3.8) is 0 Å². The highest BCUT2D eigenvalue weighted by Gasteiger charge is 2.29. The molecule has 1 saturated heterocycles. The number of aromatic nitrogens is 2. The molecule has 4 rings (SSSR count). The molecule has 1 fully saturated rings. The SMILES string of the molecule is CC(=O)N1CCN(S(=O)(=O)c2cccc(C(=O)OCc3cn4cc(Cl)ccc4n3)c2)CC1. The van der Waals surface area contributed by atoms with Crippen LogP contribution in [0.5, 0.6) is 0 Å². The zero-order chi connectivity index (χ0) is 22.9. The van der Waals surface area contributed by atoms with Crippen molar-refractivity contribution >= 4 is 39.1 Å². The number of hydrogen-bond donors (Lipinski definition) is 0. The van der Waals surface area contributed by atoms with Gasteiger partial charge in [-0.05, 0) is 30.3 Å². The molecule has 32 heavy (non-hydrogen) atoms. The summed E-state index contributed by atoms with van der Waals surface area (Å²) in [6.07, 6.45) is 3.40. The van der Waals surface area contributed by atoms with Crippen LogP contribution in [0.2, 0.25) is 5.02 Å². The summed E-state index contributed by atoms with van der Waals surface area (Å²) in [6, 6.07) is 9.21. The highest BCUT2D eigenvalue weighted by Crippen LogP contribution is 2.20. The maximum atomic E-state index is 13.0. The van der Waals surface area contributed by atoms with Crippen LogP contribution in [-0.4, -0.2) is 65.1 Å². The third-order valence-corrected chi connectivity index (χ3v) is 7.33. The van der Waals surface area contributed by atoms with Gasteiger partial charge in [0, 0.05) is 45.5 Å². The molecule has 0 atom stereocenters. The van der Waals surface area contributed by atoms with Crippen LogP contribution < -0.4 is 0 Å². The molecule has 0 saturated carbocycles. The van der Waals surface area contributed by atoms with Crippen LogP contribution in [0, 0.1) is 0 Å². The second-order valence-corrected chi connectivity index (χ2v) is 9.73. The van der Waals surface area contributed by atoms with Gasteiger partial charge in [0.2, 0.25) is 15.9 Å². The molecule has 3 aromatic rings. The van der Waals surface area contributed by atoms with Gasteiger partial charge in [0.05, 0.1) is 21.2 Å². The van der Waals surface area contributed by atoms with Crippen molar-refractivity contribution in [1.82, 2.24) is 18.6 Å². The number of pyridine rings is 1. The highest BCUT2D eigenvalue weighted by atomic mass is 35.5. The molecule has 0 bridgehead atoms. The largest absolute Gasteiger partial charge is 0.456 e. The fourth-order valence-corrected chi connectivity index (χ4v) is 5.12. The predicted molar refractivity (Wildman–Crippen MR) is 117 cm³/mol. The van der Waals surface area contributed by atoms with Crippen LogP contribution in [0.15, 0.2) is 53.7 Å². The molecule has 0 unspecified atom stereocenters. The van der Waals surface area contributed by atoms with E-state index in [4.69, 9.17) is 16.3 Å². The van der Waals surface area contributed by atoms with Crippen molar-refractivity contribution in [3.05, 3.63) is 65.1 Å². The molecule has 1 aliphatic heterocycles. The molecular formula is C21H21ClN4O5S.